The van der Waals surface area contributed by atoms with Crippen LogP contribution in [-0.4, -0.2) is 0 Å². The van der Waals surface area contributed by atoms with E-state index in [0.29, 0.717) is 0 Å². The maximum Gasteiger partial charge on any atom is -0.00236 e. The van der Waals surface area contributed by atoms with E-state index in [-0.39, 0.29) is 0 Å². The topological polar surface area (TPSA) is 0 Å². The van der Waals surface area contributed by atoms with E-state index in [0.717, 1.165) is 12.8 Å². The van der Waals surface area contributed by atoms with Crippen LogP contribution in [0.15, 0.2) is 109 Å². The van der Waals surface area contributed by atoms with Gasteiger partial charge < -0.3 is 0 Å². The highest BCUT2D eigenvalue weighted by Crippen LogP contribution is 2.48. The first kappa shape index (κ1) is 21.1. The fourth-order valence-corrected chi connectivity index (χ4v) is 6.35. The van der Waals surface area contributed by atoms with Crippen LogP contribution >= 0.6 is 0 Å². The molecule has 8 rings (SSSR count). The van der Waals surface area contributed by atoms with Crippen LogP contribution in [0.1, 0.15) is 25.0 Å². The van der Waals surface area contributed by atoms with E-state index in [4.69, 9.17) is 0 Å². The second-order valence-corrected chi connectivity index (χ2v) is 9.80. The first-order valence-electron chi connectivity index (χ1n) is 13.1. The van der Waals surface area contributed by atoms with Gasteiger partial charge >= 0.3 is 0 Å². The van der Waals surface area contributed by atoms with E-state index in [1.54, 1.807) is 0 Å². The van der Waals surface area contributed by atoms with Crippen molar-refractivity contribution < 1.29 is 0 Å². The maximum atomic E-state index is 2.29. The summed E-state index contributed by atoms with van der Waals surface area (Å²) in [6, 6.07) is 40.0. The molecule has 0 bridgehead atoms. The Morgan fingerprint density at radius 3 is 1.03 bits per heavy atom. The summed E-state index contributed by atoms with van der Waals surface area (Å²) in [5.74, 6) is 0. The minimum absolute atomic E-state index is 1.09. The monoisotopic (exact) mass is 460 g/mol. The summed E-state index contributed by atoms with van der Waals surface area (Å²) in [5, 5.41) is 5.73. The predicted molar refractivity (Wildman–Crippen MR) is 156 cm³/mol. The van der Waals surface area contributed by atoms with Crippen LogP contribution in [0.25, 0.3) is 66.1 Å². The van der Waals surface area contributed by atoms with Gasteiger partial charge in [-0.15, -0.1) is 0 Å². The van der Waals surface area contributed by atoms with E-state index < -0.39 is 0 Å². The minimum Gasteiger partial charge on any atom is -0.0616 e. The van der Waals surface area contributed by atoms with Crippen LogP contribution in [0.3, 0.4) is 0 Å². The molecular formula is C36H28. The quantitative estimate of drug-likeness (QED) is 0.241. The third-order valence-corrected chi connectivity index (χ3v) is 8.04. The molecule has 0 N–H and O–H groups in total. The van der Waals surface area contributed by atoms with Crippen LogP contribution in [0.2, 0.25) is 0 Å². The molecule has 0 heterocycles. The fourth-order valence-electron chi connectivity index (χ4n) is 6.35. The molecule has 2 aliphatic carbocycles. The second kappa shape index (κ2) is 8.21. The third-order valence-electron chi connectivity index (χ3n) is 8.04. The number of fused-ring (bicyclic) bond motifs is 6. The lowest BCUT2D eigenvalue weighted by Gasteiger charge is -2.06. The zero-order valence-electron chi connectivity index (χ0n) is 20.8. The number of aryl methyl sites for hydroxylation is 2. The highest BCUT2D eigenvalue weighted by molar-refractivity contribution is 6.17. The van der Waals surface area contributed by atoms with Crippen LogP contribution in [-0.2, 0) is 12.8 Å². The molecule has 0 fully saturated rings. The molecule has 0 unspecified atom stereocenters. The molecule has 0 nitrogen and oxygen atoms in total. The lowest BCUT2D eigenvalue weighted by Crippen LogP contribution is -1.84. The van der Waals surface area contributed by atoms with Gasteiger partial charge in [-0.25, -0.2) is 0 Å². The molecule has 0 spiro atoms. The molecule has 0 amide bonds. The lowest BCUT2D eigenvalue weighted by atomic mass is 9.97. The Bertz CT molecular complexity index is 1610. The highest BCUT2D eigenvalue weighted by atomic mass is 14.2. The van der Waals surface area contributed by atoms with Crippen molar-refractivity contribution in [3.8, 4) is 44.5 Å². The van der Waals surface area contributed by atoms with Crippen molar-refractivity contribution >= 4 is 21.5 Å². The van der Waals surface area contributed by atoms with E-state index in [1.807, 2.05) is 0 Å². The van der Waals surface area contributed by atoms with Gasteiger partial charge in [0.25, 0.3) is 0 Å². The second-order valence-electron chi connectivity index (χ2n) is 9.80. The van der Waals surface area contributed by atoms with Crippen LogP contribution < -0.4 is 0 Å². The first-order chi connectivity index (χ1) is 17.8. The summed E-state index contributed by atoms with van der Waals surface area (Å²) in [4.78, 5) is 0. The zero-order valence-corrected chi connectivity index (χ0v) is 20.8. The molecule has 6 aromatic carbocycles. The van der Waals surface area contributed by atoms with Gasteiger partial charge in [-0.3, -0.25) is 0 Å². The molecule has 0 atom stereocenters. The Balaban J connectivity index is 0.000000122. The number of hydrogen-bond donors (Lipinski definition) is 0. The summed E-state index contributed by atoms with van der Waals surface area (Å²) in [6.07, 6.45) is 2.19. The molecule has 6 aromatic rings. The van der Waals surface area contributed by atoms with Crippen molar-refractivity contribution in [2.24, 2.45) is 0 Å². The largest absolute Gasteiger partial charge is 0.0616 e. The van der Waals surface area contributed by atoms with Gasteiger partial charge in [0, 0.05) is 0 Å². The number of hydrogen-bond acceptors (Lipinski definition) is 0. The lowest BCUT2D eigenvalue weighted by molar-refractivity contribution is 1.16. The van der Waals surface area contributed by atoms with Crippen molar-refractivity contribution in [2.75, 3.05) is 0 Å². The standard InChI is InChI=1S/2C18H14/c2*1-2-12-10-11-17-15-7-4-3-6-14(15)16-9-5-8-13(12)18(16)17/h2*3-11H,2H2,1H3. The maximum absolute atomic E-state index is 2.29. The predicted octanol–water partition coefficient (Wildman–Crippen LogP) is 10.1. The highest BCUT2D eigenvalue weighted by Gasteiger charge is 2.22. The molecule has 2 aliphatic rings. The van der Waals surface area contributed by atoms with E-state index in [2.05, 4.69) is 123 Å². The van der Waals surface area contributed by atoms with Crippen LogP contribution in [0.4, 0.5) is 0 Å². The van der Waals surface area contributed by atoms with Crippen LogP contribution in [0, 0.1) is 0 Å². The molecule has 0 saturated carbocycles. The van der Waals surface area contributed by atoms with Crippen LogP contribution in [0.5, 0.6) is 0 Å². The van der Waals surface area contributed by atoms with Crippen molar-refractivity contribution in [2.45, 2.75) is 26.7 Å². The third kappa shape index (κ3) is 2.94. The Morgan fingerprint density at radius 1 is 0.333 bits per heavy atom. The Hall–Kier alpha value is -4.16. The molecule has 0 saturated heterocycles. The minimum atomic E-state index is 1.09. The van der Waals surface area contributed by atoms with Gasteiger partial charge in [0.1, 0.15) is 0 Å². The summed E-state index contributed by atoms with van der Waals surface area (Å²) in [7, 11) is 0. The smallest absolute Gasteiger partial charge is 0.00236 e. The van der Waals surface area contributed by atoms with Gasteiger partial charge in [0.2, 0.25) is 0 Å². The number of rotatable bonds is 2. The van der Waals surface area contributed by atoms with Gasteiger partial charge in [0.15, 0.2) is 0 Å². The average Bonchev–Trinajstić information content (AvgIpc) is 3.45. The Kier molecular flexibility index (Phi) is 4.82. The van der Waals surface area contributed by atoms with Crippen molar-refractivity contribution in [1.82, 2.24) is 0 Å². The van der Waals surface area contributed by atoms with E-state index in [1.165, 1.54) is 77.2 Å². The van der Waals surface area contributed by atoms with E-state index >= 15 is 0 Å². The molecule has 36 heavy (non-hydrogen) atoms. The fraction of sp³-hybridized carbons (Fsp3) is 0.111. The number of benzene rings is 6. The summed E-state index contributed by atoms with van der Waals surface area (Å²) >= 11 is 0. The summed E-state index contributed by atoms with van der Waals surface area (Å²) in [5.41, 5.74) is 14.0. The van der Waals surface area contributed by atoms with Crippen molar-refractivity contribution in [3.63, 3.8) is 0 Å². The molecule has 0 heteroatoms. The SMILES string of the molecule is CCc1ccc2c3c(cccc13)-c1ccccc1-2.CCc1ccc2c3c(cccc13)-c1ccccc1-2. The first-order valence-corrected chi connectivity index (χ1v) is 13.1. The van der Waals surface area contributed by atoms with E-state index in [9.17, 15) is 0 Å². The van der Waals surface area contributed by atoms with Gasteiger partial charge in [-0.1, -0.05) is 123 Å². The summed E-state index contributed by atoms with van der Waals surface area (Å²) in [6.45, 7) is 4.46. The molecule has 0 aliphatic heterocycles. The average molecular weight is 461 g/mol. The van der Waals surface area contributed by atoms with Gasteiger partial charge in [-0.05, 0) is 90.0 Å². The molecule has 0 radical (unpaired) electrons. The normalized spacial score (nSPS) is 11.8. The Labute approximate surface area is 212 Å². The Morgan fingerprint density at radius 2 is 0.667 bits per heavy atom. The van der Waals surface area contributed by atoms with Gasteiger partial charge in [-0.2, -0.15) is 0 Å². The molecule has 0 aromatic heterocycles. The van der Waals surface area contributed by atoms with Crippen molar-refractivity contribution in [3.05, 3.63) is 120 Å². The van der Waals surface area contributed by atoms with Gasteiger partial charge in [0.05, 0.1) is 0 Å². The molecule has 172 valence electrons. The van der Waals surface area contributed by atoms with Crippen molar-refractivity contribution in [1.29, 1.82) is 0 Å². The summed E-state index contributed by atoms with van der Waals surface area (Å²) < 4.78 is 0. The zero-order chi connectivity index (χ0) is 24.2. The molecular weight excluding hydrogens is 432 g/mol.